The minimum atomic E-state index is -2.21. The molecule has 1 unspecified atom stereocenters. The van der Waals surface area contributed by atoms with E-state index in [0.29, 0.717) is 6.08 Å². The monoisotopic (exact) mass is 784 g/mol. The summed E-state index contributed by atoms with van der Waals surface area (Å²) < 4.78 is 124. The van der Waals surface area contributed by atoms with Crippen molar-refractivity contribution in [1.29, 1.82) is 0 Å². The lowest BCUT2D eigenvalue weighted by Gasteiger charge is -2.36. The van der Waals surface area contributed by atoms with Crippen molar-refractivity contribution in [2.24, 2.45) is 0 Å². The fourth-order valence-electron chi connectivity index (χ4n) is 4.31. The van der Waals surface area contributed by atoms with Crippen LogP contribution >= 0.6 is 0 Å². The molecule has 16 heteroatoms. The largest absolute Gasteiger partial charge is 0.464 e. The number of ether oxygens (including phenoxy) is 2. The molecule has 52 heavy (non-hydrogen) atoms. The van der Waals surface area contributed by atoms with Crippen LogP contribution in [0.2, 0.25) is 0 Å². The molecule has 0 amide bonds. The van der Waals surface area contributed by atoms with Gasteiger partial charge < -0.3 is 9.47 Å². The molecule has 0 fully saturated rings. The zero-order valence-corrected chi connectivity index (χ0v) is 32.7. The van der Waals surface area contributed by atoms with E-state index in [2.05, 4.69) is 18.9 Å². The third-order valence-corrected chi connectivity index (χ3v) is 10.9. The van der Waals surface area contributed by atoms with Crippen molar-refractivity contribution in [2.45, 2.75) is 115 Å². The molecule has 2 rings (SSSR count). The molecule has 0 saturated carbocycles. The average Bonchev–Trinajstić information content (AvgIpc) is 3.04. The maximum Gasteiger partial charge on any atom is 0.366 e. The van der Waals surface area contributed by atoms with Gasteiger partial charge in [-0.15, -0.1) is 0 Å². The van der Waals surface area contributed by atoms with Crippen molar-refractivity contribution >= 4 is 33.9 Å². The molecule has 0 spiro atoms. The Kier molecular flexibility index (Phi) is 17.9. The van der Waals surface area contributed by atoms with Gasteiger partial charge in [0.15, 0.2) is 6.17 Å². The van der Waals surface area contributed by atoms with Crippen LogP contribution < -0.4 is 9.44 Å². The molecule has 0 aliphatic rings. The predicted molar refractivity (Wildman–Crippen MR) is 191 cm³/mol. The molecular formula is C36H50F6N2O6S2. The average molecular weight is 785 g/mol. The van der Waals surface area contributed by atoms with E-state index in [1.807, 2.05) is 0 Å². The number of halogens is 6. The normalized spacial score (nSPS) is 17.6. The van der Waals surface area contributed by atoms with E-state index >= 15 is 8.78 Å². The first-order valence-electron chi connectivity index (χ1n) is 16.4. The fraction of sp³-hybridized carbons (Fsp3) is 0.556. The second kappa shape index (κ2) is 19.8. The highest BCUT2D eigenvalue weighted by Crippen LogP contribution is 2.35. The molecule has 2 N–H and O–H groups in total. The Bertz CT molecular complexity index is 1580. The van der Waals surface area contributed by atoms with Crippen molar-refractivity contribution < 1.29 is 53.8 Å². The van der Waals surface area contributed by atoms with Crippen LogP contribution in [0.15, 0.2) is 60.4 Å². The van der Waals surface area contributed by atoms with Crippen molar-refractivity contribution in [3.63, 3.8) is 0 Å². The Balaban J connectivity index is 0.000000520. The minimum absolute atomic E-state index is 0.0346. The summed E-state index contributed by atoms with van der Waals surface area (Å²) in [7, 11) is -3.55. The highest BCUT2D eigenvalue weighted by atomic mass is 32.2. The van der Waals surface area contributed by atoms with Crippen LogP contribution in [-0.2, 0) is 52.1 Å². The number of esters is 2. The van der Waals surface area contributed by atoms with Crippen molar-refractivity contribution in [1.82, 2.24) is 9.44 Å². The van der Waals surface area contributed by atoms with E-state index in [1.165, 1.54) is 64.1 Å². The van der Waals surface area contributed by atoms with Gasteiger partial charge in [0.05, 0.1) is 55.8 Å². The van der Waals surface area contributed by atoms with Gasteiger partial charge in [-0.1, -0.05) is 36.4 Å². The van der Waals surface area contributed by atoms with Crippen LogP contribution in [0.25, 0.3) is 0 Å². The summed E-state index contributed by atoms with van der Waals surface area (Å²) in [6.45, 7) is 15.4. The van der Waals surface area contributed by atoms with E-state index < -0.39 is 96.9 Å². The summed E-state index contributed by atoms with van der Waals surface area (Å²) in [5, 5.41) is 0. The Hall–Kier alpha value is -3.08. The predicted octanol–water partition coefficient (Wildman–Crippen LogP) is 7.57. The lowest BCUT2D eigenvalue weighted by atomic mass is 9.85. The fourth-order valence-corrected chi connectivity index (χ4v) is 6.16. The van der Waals surface area contributed by atoms with Crippen LogP contribution in [0.3, 0.4) is 0 Å². The van der Waals surface area contributed by atoms with Crippen LogP contribution in [0.1, 0.15) is 86.8 Å². The molecule has 8 nitrogen and oxygen atoms in total. The van der Waals surface area contributed by atoms with Gasteiger partial charge in [-0.3, -0.25) is 0 Å². The molecule has 7 atom stereocenters. The lowest BCUT2D eigenvalue weighted by Crippen LogP contribution is -2.53. The number of carbonyl (C=O) groups excluding carboxylic acids is 2. The number of nitrogens with one attached hydrogen (secondary N) is 2. The first-order valence-corrected chi connectivity index (χ1v) is 18.7. The number of hydrogen-bond donors (Lipinski definition) is 2. The van der Waals surface area contributed by atoms with E-state index in [4.69, 9.17) is 0 Å². The number of carbonyl (C=O) groups is 2. The molecule has 0 aromatic heterocycles. The smallest absolute Gasteiger partial charge is 0.366 e. The van der Waals surface area contributed by atoms with Crippen LogP contribution in [0.4, 0.5) is 26.3 Å². The summed E-state index contributed by atoms with van der Waals surface area (Å²) in [6.07, 6.45) is -6.89. The maximum atomic E-state index is 15.1. The van der Waals surface area contributed by atoms with Gasteiger partial charge in [0, 0.05) is 17.5 Å². The molecule has 0 saturated heterocycles. The van der Waals surface area contributed by atoms with E-state index in [-0.39, 0.29) is 24.3 Å². The second-order valence-electron chi connectivity index (χ2n) is 13.9. The minimum Gasteiger partial charge on any atom is -0.464 e. The SMILES string of the molecule is CCOC(=O)/C(F)=C/[C@H](F)[C@](C)(N[S@](=O)C(C)(C)C)c1ccccc1F.CCOC(=O)C(F)C[C@H](F)[C@](C)(N[S@](=O)C(C)(C)C)c1ccccc1F. The van der Waals surface area contributed by atoms with Crippen LogP contribution in [0.5, 0.6) is 0 Å². The van der Waals surface area contributed by atoms with Crippen LogP contribution in [-0.4, -0.2) is 61.6 Å². The highest BCUT2D eigenvalue weighted by Gasteiger charge is 2.44. The molecule has 294 valence electrons. The molecule has 2 aromatic carbocycles. The third kappa shape index (κ3) is 13.1. The summed E-state index contributed by atoms with van der Waals surface area (Å²) >= 11 is 0. The van der Waals surface area contributed by atoms with Crippen molar-refractivity contribution in [2.75, 3.05) is 13.2 Å². The van der Waals surface area contributed by atoms with E-state index in [0.717, 1.165) is 12.1 Å². The molecule has 0 aliphatic carbocycles. The standard InChI is InChI=1S/C18H26F3NO3S.C18H24F3NO3S/c2*1-6-25-16(23)14(20)11-15(21)18(5,22-26(24)17(2,3)4)12-9-7-8-10-13(12)19/h7-10,14-15,22H,6,11H2,1-5H3;7-11,15,22H,6H2,1-5H3/b;14-11-/t14?,15-,18+,26+;15-,18+,26+/m00/s1. The first kappa shape index (κ1) is 46.9. The molecule has 2 aromatic rings. The van der Waals surface area contributed by atoms with Gasteiger partial charge in [-0.05, 0) is 87.4 Å². The molecule has 0 radical (unpaired) electrons. The van der Waals surface area contributed by atoms with Crippen molar-refractivity contribution in [3.8, 4) is 0 Å². The number of alkyl halides is 3. The maximum absolute atomic E-state index is 15.1. The Morgan fingerprint density at radius 2 is 1.13 bits per heavy atom. The van der Waals surface area contributed by atoms with Gasteiger partial charge >= 0.3 is 11.9 Å². The lowest BCUT2D eigenvalue weighted by molar-refractivity contribution is -0.150. The van der Waals surface area contributed by atoms with Gasteiger partial charge in [0.25, 0.3) is 0 Å². The number of benzene rings is 2. The first-order chi connectivity index (χ1) is 23.9. The molecule has 0 bridgehead atoms. The summed E-state index contributed by atoms with van der Waals surface area (Å²) in [4.78, 5) is 22.9. The quantitative estimate of drug-likeness (QED) is 0.110. The summed E-state index contributed by atoms with van der Waals surface area (Å²) in [6, 6.07) is 10.7. The van der Waals surface area contributed by atoms with Crippen molar-refractivity contribution in [3.05, 3.63) is 83.2 Å². The number of hydrogen-bond acceptors (Lipinski definition) is 6. The molecule has 0 aliphatic heterocycles. The van der Waals surface area contributed by atoms with Crippen LogP contribution in [0, 0.1) is 11.6 Å². The second-order valence-corrected chi connectivity index (χ2v) is 17.8. The third-order valence-electron chi connectivity index (χ3n) is 7.49. The topological polar surface area (TPSA) is 111 Å². The zero-order valence-electron chi connectivity index (χ0n) is 31.1. The highest BCUT2D eigenvalue weighted by molar-refractivity contribution is 7.84. The van der Waals surface area contributed by atoms with Gasteiger partial charge in [-0.25, -0.2) is 49.4 Å². The van der Waals surface area contributed by atoms with Gasteiger partial charge in [0.2, 0.25) is 5.83 Å². The van der Waals surface area contributed by atoms with Gasteiger partial charge in [0.1, 0.15) is 24.0 Å². The Morgan fingerprint density at radius 1 is 0.731 bits per heavy atom. The molecule has 0 heterocycles. The Morgan fingerprint density at radius 3 is 1.54 bits per heavy atom. The zero-order chi connectivity index (χ0) is 40.2. The van der Waals surface area contributed by atoms with E-state index in [1.54, 1.807) is 41.5 Å². The Labute approximate surface area is 307 Å². The van der Waals surface area contributed by atoms with E-state index in [9.17, 15) is 35.6 Å². The molecular weight excluding hydrogens is 735 g/mol. The summed E-state index contributed by atoms with van der Waals surface area (Å²) in [5.41, 5.74) is -3.92. The number of rotatable bonds is 15. The van der Waals surface area contributed by atoms with Gasteiger partial charge in [-0.2, -0.15) is 4.39 Å². The summed E-state index contributed by atoms with van der Waals surface area (Å²) in [5.74, 6) is -5.40.